The SMILES string of the molecule is Cc1ccc(Cl)cc1N1CCN(C(=O)CCC(O)CN(C)C)CC1. The number of carbonyl (C=O) groups excluding carboxylic acids is 1. The number of aliphatic hydroxyl groups is 1. The van der Waals surface area contributed by atoms with Gasteiger partial charge in [-0.1, -0.05) is 17.7 Å². The topological polar surface area (TPSA) is 47.0 Å². The van der Waals surface area contributed by atoms with E-state index in [1.807, 2.05) is 42.1 Å². The molecule has 0 aromatic heterocycles. The van der Waals surface area contributed by atoms with E-state index in [4.69, 9.17) is 11.6 Å². The summed E-state index contributed by atoms with van der Waals surface area (Å²) in [6.07, 6.45) is 0.481. The predicted molar refractivity (Wildman–Crippen MR) is 98.8 cm³/mol. The van der Waals surface area contributed by atoms with Crippen LogP contribution < -0.4 is 4.90 Å². The summed E-state index contributed by atoms with van der Waals surface area (Å²) in [5, 5.41) is 10.6. The molecule has 1 atom stereocenters. The summed E-state index contributed by atoms with van der Waals surface area (Å²) in [6, 6.07) is 5.92. The van der Waals surface area contributed by atoms with Gasteiger partial charge < -0.3 is 19.8 Å². The Hall–Kier alpha value is -1.30. The minimum Gasteiger partial charge on any atom is -0.392 e. The lowest BCUT2D eigenvalue weighted by Crippen LogP contribution is -2.49. The Labute approximate surface area is 149 Å². The molecule has 0 aliphatic carbocycles. The van der Waals surface area contributed by atoms with Gasteiger partial charge >= 0.3 is 0 Å². The molecule has 1 aliphatic heterocycles. The van der Waals surface area contributed by atoms with Gasteiger partial charge in [0.05, 0.1) is 6.10 Å². The fourth-order valence-corrected chi connectivity index (χ4v) is 3.25. The van der Waals surface area contributed by atoms with Crippen LogP contribution in [-0.4, -0.2) is 73.7 Å². The lowest BCUT2D eigenvalue weighted by Gasteiger charge is -2.37. The molecule has 0 radical (unpaired) electrons. The molecule has 2 rings (SSSR count). The van der Waals surface area contributed by atoms with E-state index in [0.717, 1.165) is 23.8 Å². The molecule has 1 N–H and O–H groups in total. The third-order valence-electron chi connectivity index (χ3n) is 4.41. The van der Waals surface area contributed by atoms with E-state index < -0.39 is 6.10 Å². The molecule has 1 aromatic rings. The number of halogens is 1. The van der Waals surface area contributed by atoms with Crippen molar-refractivity contribution in [1.82, 2.24) is 9.80 Å². The second-order valence-corrected chi connectivity index (χ2v) is 7.19. The summed E-state index contributed by atoms with van der Waals surface area (Å²) in [5.41, 5.74) is 2.35. The average molecular weight is 354 g/mol. The molecule has 1 aromatic carbocycles. The number of likely N-dealkylation sites (N-methyl/N-ethyl adjacent to an activating group) is 1. The highest BCUT2D eigenvalue weighted by Gasteiger charge is 2.22. The summed E-state index contributed by atoms with van der Waals surface area (Å²) in [6.45, 7) is 5.73. The van der Waals surface area contributed by atoms with Crippen LogP contribution in [0.1, 0.15) is 18.4 Å². The third-order valence-corrected chi connectivity index (χ3v) is 4.65. The maximum atomic E-state index is 12.3. The van der Waals surface area contributed by atoms with Gasteiger partial charge in [-0.3, -0.25) is 4.79 Å². The van der Waals surface area contributed by atoms with Crippen molar-refractivity contribution in [1.29, 1.82) is 0 Å². The van der Waals surface area contributed by atoms with E-state index in [0.29, 0.717) is 32.5 Å². The molecule has 134 valence electrons. The molecule has 0 spiro atoms. The van der Waals surface area contributed by atoms with Crippen LogP contribution in [0.25, 0.3) is 0 Å². The first-order chi connectivity index (χ1) is 11.4. The van der Waals surface area contributed by atoms with E-state index in [1.165, 1.54) is 5.56 Å². The van der Waals surface area contributed by atoms with Gasteiger partial charge in [-0.15, -0.1) is 0 Å². The number of aryl methyl sites for hydroxylation is 1. The van der Waals surface area contributed by atoms with Crippen molar-refractivity contribution in [3.05, 3.63) is 28.8 Å². The first kappa shape index (κ1) is 19.0. The number of carbonyl (C=O) groups is 1. The van der Waals surface area contributed by atoms with Crippen molar-refractivity contribution >= 4 is 23.2 Å². The Morgan fingerprint density at radius 2 is 1.96 bits per heavy atom. The van der Waals surface area contributed by atoms with Crippen molar-refractivity contribution in [2.75, 3.05) is 51.7 Å². The van der Waals surface area contributed by atoms with Crippen LogP contribution in [0.15, 0.2) is 18.2 Å². The molecule has 0 saturated carbocycles. The Morgan fingerprint density at radius 3 is 2.58 bits per heavy atom. The van der Waals surface area contributed by atoms with Gasteiger partial charge in [-0.25, -0.2) is 0 Å². The zero-order valence-electron chi connectivity index (χ0n) is 14.8. The van der Waals surface area contributed by atoms with Crippen LogP contribution in [0.4, 0.5) is 5.69 Å². The second-order valence-electron chi connectivity index (χ2n) is 6.75. The van der Waals surface area contributed by atoms with Crippen LogP contribution in [0.3, 0.4) is 0 Å². The van der Waals surface area contributed by atoms with Gasteiger partial charge in [-0.05, 0) is 45.1 Å². The van der Waals surface area contributed by atoms with Gasteiger partial charge in [0.25, 0.3) is 0 Å². The van der Waals surface area contributed by atoms with E-state index in [2.05, 4.69) is 11.8 Å². The molecular weight excluding hydrogens is 326 g/mol. The highest BCUT2D eigenvalue weighted by atomic mass is 35.5. The number of hydrogen-bond acceptors (Lipinski definition) is 4. The van der Waals surface area contributed by atoms with Gasteiger partial charge in [-0.2, -0.15) is 0 Å². The Morgan fingerprint density at radius 1 is 1.29 bits per heavy atom. The minimum absolute atomic E-state index is 0.135. The van der Waals surface area contributed by atoms with Crippen LogP contribution >= 0.6 is 11.6 Å². The van der Waals surface area contributed by atoms with Crippen LogP contribution in [-0.2, 0) is 4.79 Å². The van der Waals surface area contributed by atoms with E-state index in [9.17, 15) is 9.90 Å². The first-order valence-electron chi connectivity index (χ1n) is 8.48. The number of aliphatic hydroxyl groups excluding tert-OH is 1. The number of rotatable bonds is 6. The zero-order chi connectivity index (χ0) is 17.7. The number of benzene rings is 1. The molecule has 1 heterocycles. The van der Waals surface area contributed by atoms with Crippen molar-refractivity contribution in [2.45, 2.75) is 25.9 Å². The van der Waals surface area contributed by atoms with Crippen molar-refractivity contribution in [3.8, 4) is 0 Å². The third kappa shape index (κ3) is 5.36. The molecule has 1 aliphatic rings. The number of amides is 1. The van der Waals surface area contributed by atoms with Gasteiger partial charge in [0.1, 0.15) is 0 Å². The maximum Gasteiger partial charge on any atom is 0.222 e. The Balaban J connectivity index is 1.82. The molecule has 1 saturated heterocycles. The number of anilines is 1. The summed E-state index contributed by atoms with van der Waals surface area (Å²) >= 11 is 6.10. The van der Waals surface area contributed by atoms with Gasteiger partial charge in [0.2, 0.25) is 5.91 Å². The zero-order valence-corrected chi connectivity index (χ0v) is 15.6. The second kappa shape index (κ2) is 8.70. The fourth-order valence-electron chi connectivity index (χ4n) is 3.08. The molecule has 0 bridgehead atoms. The molecule has 1 fully saturated rings. The molecule has 6 heteroatoms. The first-order valence-corrected chi connectivity index (χ1v) is 8.86. The number of piperazine rings is 1. The molecular formula is C18H28ClN3O2. The molecule has 5 nitrogen and oxygen atoms in total. The highest BCUT2D eigenvalue weighted by Crippen LogP contribution is 2.25. The molecule has 1 unspecified atom stereocenters. The van der Waals surface area contributed by atoms with Crippen LogP contribution in [0, 0.1) is 6.92 Å². The maximum absolute atomic E-state index is 12.3. The predicted octanol–water partition coefficient (Wildman–Crippen LogP) is 2.00. The van der Waals surface area contributed by atoms with Crippen LogP contribution in [0.5, 0.6) is 0 Å². The van der Waals surface area contributed by atoms with Crippen molar-refractivity contribution in [2.24, 2.45) is 0 Å². The summed E-state index contributed by atoms with van der Waals surface area (Å²) in [5.74, 6) is 0.135. The number of nitrogens with zero attached hydrogens (tertiary/aromatic N) is 3. The van der Waals surface area contributed by atoms with Crippen molar-refractivity contribution < 1.29 is 9.90 Å². The van der Waals surface area contributed by atoms with E-state index in [1.54, 1.807) is 0 Å². The average Bonchev–Trinajstić information content (AvgIpc) is 2.54. The number of hydrogen-bond donors (Lipinski definition) is 1. The lowest BCUT2D eigenvalue weighted by molar-refractivity contribution is -0.132. The molecule has 24 heavy (non-hydrogen) atoms. The molecule has 1 amide bonds. The minimum atomic E-state index is -0.445. The quantitative estimate of drug-likeness (QED) is 0.849. The summed E-state index contributed by atoms with van der Waals surface area (Å²) in [7, 11) is 3.84. The monoisotopic (exact) mass is 353 g/mol. The Bertz CT molecular complexity index is 557. The van der Waals surface area contributed by atoms with Gasteiger partial charge in [0, 0.05) is 49.9 Å². The normalized spacial score (nSPS) is 16.6. The lowest BCUT2D eigenvalue weighted by atomic mass is 10.1. The standard InChI is InChI=1S/C18H28ClN3O2/c1-14-4-5-15(19)12-17(14)21-8-10-22(11-9-21)18(24)7-6-16(23)13-20(2)3/h4-5,12,16,23H,6-11,13H2,1-3H3. The van der Waals surface area contributed by atoms with E-state index >= 15 is 0 Å². The van der Waals surface area contributed by atoms with Crippen molar-refractivity contribution in [3.63, 3.8) is 0 Å². The van der Waals surface area contributed by atoms with Crippen LogP contribution in [0.2, 0.25) is 5.02 Å². The summed E-state index contributed by atoms with van der Waals surface area (Å²) in [4.78, 5) is 18.4. The largest absolute Gasteiger partial charge is 0.392 e. The van der Waals surface area contributed by atoms with Gasteiger partial charge in [0.15, 0.2) is 0 Å². The Kier molecular flexibility index (Phi) is 6.90. The highest BCUT2D eigenvalue weighted by molar-refractivity contribution is 6.30. The summed E-state index contributed by atoms with van der Waals surface area (Å²) < 4.78 is 0. The van der Waals surface area contributed by atoms with E-state index in [-0.39, 0.29) is 5.91 Å². The fraction of sp³-hybridized carbons (Fsp3) is 0.611. The smallest absolute Gasteiger partial charge is 0.222 e.